The third-order valence-corrected chi connectivity index (χ3v) is 18.7. The number of methoxy groups -OCH3 is 2. The van der Waals surface area contributed by atoms with Gasteiger partial charge in [0.15, 0.2) is 0 Å². The summed E-state index contributed by atoms with van der Waals surface area (Å²) in [4.78, 5) is 168. The van der Waals surface area contributed by atoms with E-state index in [0.717, 1.165) is 22.0 Å². The standard InChI is InChI=1S/C72H110N10O17/c1-19-43(8)61(54(97-17)38-58(86)81-34-23-26-53(81)63(98-18)44(9)64(88)73-45(10)62(87)48-24-21-20-22-25-48)79(15)69(93)59(41(4)5)78-68(92)60(42(6)7)80(16)71(96)99-39-47-27-29-49(30-28-47)75-67(91)52(37-50(70(94)95)72(12,13)14)77-65(89)46(11)74-66(90)51(36-40(2)3)76-55(83)33-35-82-56(84)31-32-57(82)85/h20-22,24-25,27-32,40-46,50-54,59-63,87H,19,23,26,33-39H2,1-18H3,(H,73,88)(H,74,90)(H,75,91)(H,76,83)(H,77,89)(H,78,92)(H,94,95)/t43-,44+,45+,46-,50+,51+,52?,53-,54+,59-,60-,61-,62+,63+/m0/s1. The zero-order valence-electron chi connectivity index (χ0n) is 61.0. The van der Waals surface area contributed by atoms with Crippen LogP contribution in [0.2, 0.25) is 0 Å². The molecular weight excluding hydrogens is 1280 g/mol. The van der Waals surface area contributed by atoms with Crippen LogP contribution in [0.3, 0.4) is 0 Å². The average Bonchev–Trinajstić information content (AvgIpc) is 1.80. The van der Waals surface area contributed by atoms with Gasteiger partial charge in [-0.25, -0.2) is 4.79 Å². The van der Waals surface area contributed by atoms with E-state index < -0.39 is 155 Å². The molecular formula is C72H110N10O17. The number of likely N-dealkylation sites (tertiary alicyclic amines) is 1. The number of aliphatic hydroxyl groups is 1. The molecule has 0 aliphatic carbocycles. The van der Waals surface area contributed by atoms with Crippen LogP contribution in [-0.2, 0) is 73.6 Å². The molecule has 1 fully saturated rings. The van der Waals surface area contributed by atoms with E-state index in [2.05, 4.69) is 31.9 Å². The number of imide groups is 1. The molecule has 0 bridgehead atoms. The van der Waals surface area contributed by atoms with Crippen LogP contribution in [0.1, 0.15) is 159 Å². The molecule has 2 heterocycles. The Morgan fingerprint density at radius 1 is 0.697 bits per heavy atom. The molecule has 4 rings (SSSR count). The van der Waals surface area contributed by atoms with Gasteiger partial charge in [0.2, 0.25) is 47.3 Å². The van der Waals surface area contributed by atoms with Crippen LogP contribution in [0.5, 0.6) is 0 Å². The zero-order chi connectivity index (χ0) is 74.5. The molecule has 0 aromatic heterocycles. The third-order valence-electron chi connectivity index (χ3n) is 18.7. The number of nitrogens with zero attached hydrogens (tertiary/aromatic N) is 4. The summed E-state index contributed by atoms with van der Waals surface area (Å²) in [5.41, 5.74) is 0.476. The van der Waals surface area contributed by atoms with Gasteiger partial charge >= 0.3 is 12.1 Å². The van der Waals surface area contributed by atoms with Gasteiger partial charge in [-0.2, -0.15) is 0 Å². The second-order valence-corrected chi connectivity index (χ2v) is 28.5. The number of carboxylic acids is 1. The van der Waals surface area contributed by atoms with Gasteiger partial charge in [-0.1, -0.05) is 132 Å². The zero-order valence-corrected chi connectivity index (χ0v) is 61.0. The lowest BCUT2D eigenvalue weighted by Gasteiger charge is -2.41. The lowest BCUT2D eigenvalue weighted by atomic mass is 9.77. The van der Waals surface area contributed by atoms with E-state index in [4.69, 9.17) is 14.2 Å². The molecule has 1 unspecified atom stereocenters. The number of hydrogen-bond donors (Lipinski definition) is 8. The van der Waals surface area contributed by atoms with Gasteiger partial charge in [-0.15, -0.1) is 0 Å². The van der Waals surface area contributed by atoms with E-state index in [1.807, 2.05) is 45.9 Å². The first-order valence-electron chi connectivity index (χ1n) is 34.3. The molecule has 8 N–H and O–H groups in total. The number of amides is 11. The summed E-state index contributed by atoms with van der Waals surface area (Å²) in [7, 11) is 6.03. The lowest BCUT2D eigenvalue weighted by molar-refractivity contribution is -0.148. The van der Waals surface area contributed by atoms with Crippen molar-refractivity contribution in [1.29, 1.82) is 0 Å². The van der Waals surface area contributed by atoms with Crippen molar-refractivity contribution < 1.29 is 82.0 Å². The normalized spacial score (nSPS) is 17.9. The minimum absolute atomic E-state index is 0.103. The number of benzene rings is 2. The van der Waals surface area contributed by atoms with E-state index >= 15 is 0 Å². The smallest absolute Gasteiger partial charge is 0.410 e. The molecule has 550 valence electrons. The number of hydrogen-bond acceptors (Lipinski definition) is 16. The Morgan fingerprint density at radius 3 is 1.84 bits per heavy atom. The van der Waals surface area contributed by atoms with Gasteiger partial charge in [0.05, 0.1) is 54.7 Å². The number of aliphatic hydroxyl groups excluding tert-OH is 1. The number of carbonyl (C=O) groups excluding carboxylic acids is 11. The fourth-order valence-corrected chi connectivity index (χ4v) is 12.7. The Morgan fingerprint density at radius 2 is 1.30 bits per heavy atom. The SMILES string of the molecule is CC[C@H](C)[C@@H]([C@@H](CC(=O)N1CCC[C@H]1[C@H](OC)[C@@H](C)C(=O)N[C@H](C)[C@@H](O)c1ccccc1)OC)N(C)C(=O)[C@@H](NC(=O)[C@H](C(C)C)N(C)C(=O)OCc1ccc(NC(=O)C(C[C@H](C(=O)O)C(C)(C)C)NC(=O)[C@H](C)NC(=O)[C@@H](CC(C)C)NC(=O)CCN2C(=O)C=CC2=O)cc1)C(C)C. The van der Waals surface area contributed by atoms with Crippen molar-refractivity contribution in [1.82, 2.24) is 46.2 Å². The number of carbonyl (C=O) groups is 12. The fourth-order valence-electron chi connectivity index (χ4n) is 12.7. The van der Waals surface area contributed by atoms with Crippen molar-refractivity contribution in [2.75, 3.05) is 46.7 Å². The maximum Gasteiger partial charge on any atom is 0.410 e. The predicted molar refractivity (Wildman–Crippen MR) is 370 cm³/mol. The largest absolute Gasteiger partial charge is 0.481 e. The number of ether oxygens (including phenoxy) is 3. The fraction of sp³-hybridized carbons (Fsp3) is 0.639. The Kier molecular flexibility index (Phi) is 32.2. The molecule has 1 saturated heterocycles. The maximum absolute atomic E-state index is 14.8. The van der Waals surface area contributed by atoms with Crippen LogP contribution < -0.4 is 31.9 Å². The molecule has 27 heteroatoms. The van der Waals surface area contributed by atoms with Gasteiger partial charge in [-0.3, -0.25) is 62.5 Å². The molecule has 2 aliphatic heterocycles. The molecule has 0 saturated carbocycles. The summed E-state index contributed by atoms with van der Waals surface area (Å²) in [6.07, 6.45) is 0.167. The van der Waals surface area contributed by atoms with E-state index in [1.54, 1.807) is 98.5 Å². The molecule has 2 aromatic carbocycles. The predicted octanol–water partition coefficient (Wildman–Crippen LogP) is 5.49. The van der Waals surface area contributed by atoms with Crippen molar-refractivity contribution in [2.24, 2.45) is 40.9 Å². The lowest BCUT2D eigenvalue weighted by Crippen LogP contribution is -2.60. The third kappa shape index (κ3) is 23.7. The minimum atomic E-state index is -1.44. The second-order valence-electron chi connectivity index (χ2n) is 28.5. The van der Waals surface area contributed by atoms with Crippen molar-refractivity contribution in [2.45, 2.75) is 215 Å². The quantitative estimate of drug-likeness (QED) is 0.0388. The number of carboxylic acid groups (broad SMARTS) is 1. The molecule has 0 spiro atoms. The highest BCUT2D eigenvalue weighted by atomic mass is 16.6. The first kappa shape index (κ1) is 83.1. The Hall–Kier alpha value is -8.30. The van der Waals surface area contributed by atoms with Crippen LogP contribution >= 0.6 is 0 Å². The Balaban J connectivity index is 1.42. The molecule has 99 heavy (non-hydrogen) atoms. The van der Waals surface area contributed by atoms with E-state index in [1.165, 1.54) is 45.2 Å². The Labute approximate surface area is 583 Å². The van der Waals surface area contributed by atoms with Gasteiger partial charge < -0.3 is 66.1 Å². The molecule has 2 aliphatic rings. The summed E-state index contributed by atoms with van der Waals surface area (Å²) >= 11 is 0. The van der Waals surface area contributed by atoms with Crippen molar-refractivity contribution in [3.8, 4) is 0 Å². The van der Waals surface area contributed by atoms with Crippen LogP contribution in [-0.4, -0.2) is 203 Å². The van der Waals surface area contributed by atoms with Gasteiger partial charge in [0.1, 0.15) is 36.8 Å². The number of aliphatic carboxylic acids is 1. The summed E-state index contributed by atoms with van der Waals surface area (Å²) in [5.74, 6) is -10.0. The van der Waals surface area contributed by atoms with E-state index in [0.29, 0.717) is 36.9 Å². The summed E-state index contributed by atoms with van der Waals surface area (Å²) in [6.45, 7) is 24.4. The molecule has 14 atom stereocenters. The first-order chi connectivity index (χ1) is 46.4. The highest BCUT2D eigenvalue weighted by Crippen LogP contribution is 2.33. The van der Waals surface area contributed by atoms with Crippen molar-refractivity contribution >= 4 is 76.8 Å². The molecule has 0 radical (unpaired) electrons. The molecule has 2 aromatic rings. The number of anilines is 1. The highest BCUT2D eigenvalue weighted by molar-refractivity contribution is 6.13. The van der Waals surface area contributed by atoms with Crippen molar-refractivity contribution in [3.05, 3.63) is 77.9 Å². The van der Waals surface area contributed by atoms with Gasteiger partial charge in [-0.05, 0) is 91.9 Å². The summed E-state index contributed by atoms with van der Waals surface area (Å²) in [6, 6.07) is 7.38. The van der Waals surface area contributed by atoms with Crippen LogP contribution in [0, 0.1) is 40.9 Å². The molecule has 27 nitrogen and oxygen atoms in total. The van der Waals surface area contributed by atoms with Gasteiger partial charge in [0, 0.05) is 65.7 Å². The van der Waals surface area contributed by atoms with Crippen LogP contribution in [0.4, 0.5) is 10.5 Å². The van der Waals surface area contributed by atoms with E-state index in [9.17, 15) is 67.7 Å². The highest BCUT2D eigenvalue weighted by Gasteiger charge is 2.45. The van der Waals surface area contributed by atoms with Crippen LogP contribution in [0.15, 0.2) is 66.7 Å². The molecule has 11 amide bonds. The topological polar surface area (TPSA) is 358 Å². The number of likely N-dealkylation sites (N-methyl/N-ethyl adjacent to an activating group) is 2. The van der Waals surface area contributed by atoms with Gasteiger partial charge in [0.25, 0.3) is 11.8 Å². The summed E-state index contributed by atoms with van der Waals surface area (Å²) < 4.78 is 17.7. The van der Waals surface area contributed by atoms with Crippen molar-refractivity contribution in [3.63, 3.8) is 0 Å². The number of rotatable bonds is 37. The average molecular weight is 1390 g/mol. The number of nitrogens with one attached hydrogen (secondary N) is 6. The minimum Gasteiger partial charge on any atom is -0.481 e. The monoisotopic (exact) mass is 1390 g/mol. The summed E-state index contributed by atoms with van der Waals surface area (Å²) in [5, 5.41) is 37.6. The van der Waals surface area contributed by atoms with Crippen LogP contribution in [0.25, 0.3) is 0 Å². The first-order valence-corrected chi connectivity index (χ1v) is 34.3. The maximum atomic E-state index is 14.8. The van der Waals surface area contributed by atoms with E-state index in [-0.39, 0.29) is 68.2 Å². The Bertz CT molecular complexity index is 3120. The second kappa shape index (κ2) is 38.3.